The van der Waals surface area contributed by atoms with Gasteiger partial charge in [-0.2, -0.15) is 22.6 Å². The van der Waals surface area contributed by atoms with Gasteiger partial charge in [0.2, 0.25) is 10.0 Å². The van der Waals surface area contributed by atoms with Crippen LogP contribution in [0.5, 0.6) is 0 Å². The Hall–Kier alpha value is -1.64. The molecule has 1 saturated carbocycles. The summed E-state index contributed by atoms with van der Waals surface area (Å²) in [5.74, 6) is 2.86. The van der Waals surface area contributed by atoms with Crippen LogP contribution in [-0.4, -0.2) is 101 Å². The number of likely N-dealkylation sites (tertiary alicyclic amines) is 2. The van der Waals surface area contributed by atoms with Gasteiger partial charge in [-0.05, 0) is 81.7 Å². The number of thioether (sulfide) groups is 1. The lowest BCUT2D eigenvalue weighted by molar-refractivity contribution is -0.139. The number of aliphatic hydroxyl groups is 1. The Morgan fingerprint density at radius 3 is 2.29 bits per heavy atom. The molecule has 4 heterocycles. The van der Waals surface area contributed by atoms with E-state index in [1.165, 1.54) is 73.3 Å². The van der Waals surface area contributed by atoms with Gasteiger partial charge in [0.1, 0.15) is 0 Å². The van der Waals surface area contributed by atoms with E-state index in [0.29, 0.717) is 48.0 Å². The van der Waals surface area contributed by atoms with Crippen molar-refractivity contribution < 1.29 is 26.7 Å². The SMILES string of the molecule is CC1CCN(CCSc2cc(-c3nn(C[C@@H](O)CN4CCC(C5CCCCC5)CC4)c4c3CN(S(C)(=O)=O)CC4)ccc2C(F)(F)F)CC1. The van der Waals surface area contributed by atoms with Crippen LogP contribution >= 0.6 is 11.8 Å². The van der Waals surface area contributed by atoms with E-state index in [4.69, 9.17) is 5.10 Å². The largest absolute Gasteiger partial charge is 0.417 e. The van der Waals surface area contributed by atoms with E-state index in [9.17, 15) is 26.7 Å². The second-order valence-corrected chi connectivity index (χ2v) is 18.2. The molecule has 0 radical (unpaired) electrons. The number of nitrogens with zero attached hydrogens (tertiary/aromatic N) is 5. The van der Waals surface area contributed by atoms with Crippen molar-refractivity contribution in [2.75, 3.05) is 57.8 Å². The van der Waals surface area contributed by atoms with E-state index in [1.807, 2.05) is 0 Å². The molecule has 0 bridgehead atoms. The summed E-state index contributed by atoms with van der Waals surface area (Å²) in [4.78, 5) is 4.83. The molecule has 1 aliphatic carbocycles. The van der Waals surface area contributed by atoms with Crippen molar-refractivity contribution >= 4 is 21.8 Å². The van der Waals surface area contributed by atoms with Crippen LogP contribution in [0.25, 0.3) is 11.3 Å². The molecule has 2 saturated heterocycles. The van der Waals surface area contributed by atoms with E-state index < -0.39 is 27.9 Å². The van der Waals surface area contributed by atoms with Gasteiger partial charge in [-0.3, -0.25) is 4.68 Å². The summed E-state index contributed by atoms with van der Waals surface area (Å²) in [6, 6.07) is 4.16. The fourth-order valence-corrected chi connectivity index (χ4v) is 10.4. The van der Waals surface area contributed by atoms with Crippen molar-refractivity contribution in [3.63, 3.8) is 0 Å². The first-order chi connectivity index (χ1) is 23.3. The minimum atomic E-state index is -4.50. The molecule has 6 rings (SSSR count). The lowest BCUT2D eigenvalue weighted by Crippen LogP contribution is -2.42. The fraction of sp³-hybridized carbons (Fsp3) is 0.750. The predicted molar refractivity (Wildman–Crippen MR) is 189 cm³/mol. The highest BCUT2D eigenvalue weighted by Crippen LogP contribution is 2.41. The summed E-state index contributed by atoms with van der Waals surface area (Å²) < 4.78 is 70.8. The highest BCUT2D eigenvalue weighted by Gasteiger charge is 2.36. The predicted octanol–water partition coefficient (Wildman–Crippen LogP) is 6.36. The van der Waals surface area contributed by atoms with Gasteiger partial charge in [0.15, 0.2) is 0 Å². The number of β-amino-alcohol motifs (C(OH)–C–C–N with tert-alkyl or cyclic N) is 1. The molecule has 1 aromatic heterocycles. The van der Waals surface area contributed by atoms with Crippen LogP contribution in [0.1, 0.15) is 81.5 Å². The summed E-state index contributed by atoms with van der Waals surface area (Å²) in [5, 5.41) is 16.2. The molecule has 1 N–H and O–H groups in total. The molecule has 3 aliphatic heterocycles. The van der Waals surface area contributed by atoms with Crippen molar-refractivity contribution in [1.29, 1.82) is 0 Å². The summed E-state index contributed by atoms with van der Waals surface area (Å²) in [5.41, 5.74) is 1.91. The van der Waals surface area contributed by atoms with E-state index >= 15 is 0 Å². The first-order valence-corrected chi connectivity index (χ1v) is 21.2. The third kappa shape index (κ3) is 9.43. The Labute approximate surface area is 294 Å². The molecule has 1 aromatic carbocycles. The molecule has 8 nitrogen and oxygen atoms in total. The van der Waals surface area contributed by atoms with Gasteiger partial charge < -0.3 is 14.9 Å². The molecular formula is C36H54F3N5O3S2. The normalized spacial score (nSPS) is 22.4. The topological polar surface area (TPSA) is 81.9 Å². The van der Waals surface area contributed by atoms with Crippen molar-refractivity contribution in [3.05, 3.63) is 35.0 Å². The van der Waals surface area contributed by atoms with Crippen molar-refractivity contribution in [1.82, 2.24) is 23.9 Å². The number of rotatable bonds is 11. The van der Waals surface area contributed by atoms with Crippen LogP contribution in [0.3, 0.4) is 0 Å². The van der Waals surface area contributed by atoms with Crippen LogP contribution in [0, 0.1) is 17.8 Å². The third-order valence-corrected chi connectivity index (χ3v) is 13.8. The van der Waals surface area contributed by atoms with Crippen LogP contribution < -0.4 is 0 Å². The summed E-state index contributed by atoms with van der Waals surface area (Å²) in [6.07, 6.45) is 7.78. The number of hydrogen-bond donors (Lipinski definition) is 1. The summed E-state index contributed by atoms with van der Waals surface area (Å²) in [6.45, 7) is 8.05. The van der Waals surface area contributed by atoms with Gasteiger partial charge in [-0.15, -0.1) is 11.8 Å². The van der Waals surface area contributed by atoms with Gasteiger partial charge in [-0.1, -0.05) is 45.1 Å². The smallest absolute Gasteiger partial charge is 0.390 e. The second-order valence-electron chi connectivity index (χ2n) is 15.1. The first-order valence-electron chi connectivity index (χ1n) is 18.4. The van der Waals surface area contributed by atoms with E-state index in [0.717, 1.165) is 69.2 Å². The number of sulfonamides is 1. The zero-order valence-corrected chi connectivity index (χ0v) is 30.8. The Morgan fingerprint density at radius 2 is 1.61 bits per heavy atom. The van der Waals surface area contributed by atoms with Gasteiger partial charge in [-0.25, -0.2) is 8.42 Å². The van der Waals surface area contributed by atoms with Gasteiger partial charge in [0.25, 0.3) is 0 Å². The number of benzene rings is 1. The van der Waals surface area contributed by atoms with Crippen LogP contribution in [0.15, 0.2) is 23.1 Å². The van der Waals surface area contributed by atoms with E-state index in [2.05, 4.69) is 16.7 Å². The lowest BCUT2D eigenvalue weighted by atomic mass is 9.76. The number of fused-ring (bicyclic) bond motifs is 1. The van der Waals surface area contributed by atoms with Crippen LogP contribution in [-0.2, 0) is 35.7 Å². The fourth-order valence-electron chi connectivity index (χ4n) is 8.49. The minimum absolute atomic E-state index is 0.102. The van der Waals surface area contributed by atoms with E-state index in [-0.39, 0.29) is 18.0 Å². The molecule has 0 amide bonds. The molecule has 3 fully saturated rings. The molecule has 274 valence electrons. The highest BCUT2D eigenvalue weighted by molar-refractivity contribution is 7.99. The first kappa shape index (κ1) is 37.1. The Balaban J connectivity index is 1.19. The monoisotopic (exact) mass is 725 g/mol. The molecule has 0 spiro atoms. The Bertz CT molecular complexity index is 1510. The number of aromatic nitrogens is 2. The molecule has 49 heavy (non-hydrogen) atoms. The molecule has 0 unspecified atom stereocenters. The minimum Gasteiger partial charge on any atom is -0.390 e. The highest BCUT2D eigenvalue weighted by atomic mass is 32.2. The number of hydrogen-bond acceptors (Lipinski definition) is 7. The third-order valence-electron chi connectivity index (χ3n) is 11.5. The zero-order valence-electron chi connectivity index (χ0n) is 29.1. The van der Waals surface area contributed by atoms with E-state index in [1.54, 1.807) is 10.7 Å². The molecule has 2 aromatic rings. The number of piperidine rings is 2. The number of aliphatic hydroxyl groups excluding tert-OH is 1. The van der Waals surface area contributed by atoms with Gasteiger partial charge in [0.05, 0.1) is 30.2 Å². The van der Waals surface area contributed by atoms with Crippen molar-refractivity contribution in [2.45, 2.75) is 101 Å². The Kier molecular flexibility index (Phi) is 12.1. The molecule has 13 heteroatoms. The number of alkyl halides is 3. The standard InChI is InChI=1S/C36H54F3N5O3S2/c1-26-10-15-41(16-11-26)20-21-48-34-22-29(8-9-32(34)36(37,38)39)35-31-25-43(49(2,46)47)19-14-33(31)44(40-35)24-30(45)23-42-17-12-28(13-18-42)27-6-4-3-5-7-27/h8-9,22,26-28,30,45H,3-7,10-21,23-25H2,1-2H3/t30-/m0/s1. The number of halogens is 3. The van der Waals surface area contributed by atoms with Crippen LogP contribution in [0.4, 0.5) is 13.2 Å². The maximum atomic E-state index is 14.2. The maximum absolute atomic E-state index is 14.2. The van der Waals surface area contributed by atoms with Crippen molar-refractivity contribution in [3.8, 4) is 11.3 Å². The molecule has 4 aliphatic rings. The van der Waals surface area contributed by atoms with Gasteiger partial charge >= 0.3 is 6.18 Å². The molecular weight excluding hydrogens is 672 g/mol. The average Bonchev–Trinajstić information content (AvgIpc) is 3.43. The summed E-state index contributed by atoms with van der Waals surface area (Å²) in [7, 11) is -3.49. The average molecular weight is 726 g/mol. The second kappa shape index (κ2) is 15.9. The summed E-state index contributed by atoms with van der Waals surface area (Å²) >= 11 is 1.22. The lowest BCUT2D eigenvalue weighted by Gasteiger charge is -2.38. The zero-order chi connectivity index (χ0) is 34.8. The van der Waals surface area contributed by atoms with Crippen LogP contribution in [0.2, 0.25) is 0 Å². The van der Waals surface area contributed by atoms with Gasteiger partial charge in [0, 0.05) is 60.1 Å². The molecule has 1 atom stereocenters. The Morgan fingerprint density at radius 1 is 0.939 bits per heavy atom. The van der Waals surface area contributed by atoms with Crippen molar-refractivity contribution in [2.24, 2.45) is 17.8 Å². The maximum Gasteiger partial charge on any atom is 0.417 e. The quantitative estimate of drug-likeness (QED) is 0.270.